The van der Waals surface area contributed by atoms with Crippen LogP contribution in [0.3, 0.4) is 0 Å². The van der Waals surface area contributed by atoms with Crippen LogP contribution in [-0.2, 0) is 11.2 Å². The van der Waals surface area contributed by atoms with Crippen LogP contribution in [-0.4, -0.2) is 40.8 Å². The van der Waals surface area contributed by atoms with Gasteiger partial charge in [-0.2, -0.15) is 13.2 Å². The molecule has 0 bridgehead atoms. The van der Waals surface area contributed by atoms with E-state index in [9.17, 15) is 23.1 Å². The summed E-state index contributed by atoms with van der Waals surface area (Å²) in [6.07, 6.45) is 0.221. The average molecular weight is 437 g/mol. The van der Waals surface area contributed by atoms with Crippen molar-refractivity contribution < 1.29 is 23.1 Å². The van der Waals surface area contributed by atoms with Crippen molar-refractivity contribution in [1.82, 2.24) is 10.2 Å². The quantitative estimate of drug-likeness (QED) is 0.683. The van der Waals surface area contributed by atoms with Crippen LogP contribution in [0.15, 0.2) is 35.5 Å². The van der Waals surface area contributed by atoms with Crippen LogP contribution >= 0.6 is 0 Å². The van der Waals surface area contributed by atoms with Crippen LogP contribution in [0.25, 0.3) is 0 Å². The fourth-order valence-corrected chi connectivity index (χ4v) is 5.01. The molecule has 1 amide bonds. The van der Waals surface area contributed by atoms with Crippen molar-refractivity contribution in [3.63, 3.8) is 0 Å². The first kappa shape index (κ1) is 22.2. The molecule has 0 radical (unpaired) electrons. The number of hydrogen-bond donors (Lipinski definition) is 2. The van der Waals surface area contributed by atoms with Gasteiger partial charge in [0.2, 0.25) is 5.91 Å². The van der Waals surface area contributed by atoms with Gasteiger partial charge in [0.25, 0.3) is 0 Å². The summed E-state index contributed by atoms with van der Waals surface area (Å²) >= 11 is 0. The molecule has 1 unspecified atom stereocenters. The number of allylic oxidation sites excluding steroid dienone is 1. The van der Waals surface area contributed by atoms with Crippen molar-refractivity contribution in [1.29, 1.82) is 0 Å². The van der Waals surface area contributed by atoms with Gasteiger partial charge in [-0.25, -0.2) is 0 Å². The standard InChI is InChI=1S/C24H31F3N2O2/c1-15-19(23(31)28-20-8-4-5-9-22(20)30)12-21(29(15)14-16-10-11-16)18-7-3-2-6-17(18)13-24(25,26)27/h2-3,6-7,16,20-22,30H,4-5,8-14H2,1H3,(H,28,31)/t20-,21?,22-/m1/s1. The Hall–Kier alpha value is -2.02. The minimum Gasteiger partial charge on any atom is -0.391 e. The van der Waals surface area contributed by atoms with Gasteiger partial charge in [-0.15, -0.1) is 0 Å². The molecule has 4 rings (SSSR count). The molecule has 4 nitrogen and oxygen atoms in total. The number of nitrogens with one attached hydrogen (secondary N) is 1. The highest BCUT2D eigenvalue weighted by Gasteiger charge is 2.39. The van der Waals surface area contributed by atoms with E-state index in [0.717, 1.165) is 44.3 Å². The summed E-state index contributed by atoms with van der Waals surface area (Å²) < 4.78 is 39.6. The van der Waals surface area contributed by atoms with E-state index in [1.54, 1.807) is 24.3 Å². The highest BCUT2D eigenvalue weighted by atomic mass is 19.4. The van der Waals surface area contributed by atoms with Gasteiger partial charge in [0, 0.05) is 24.2 Å². The third-order valence-electron chi connectivity index (χ3n) is 6.92. The first-order valence-electron chi connectivity index (χ1n) is 11.3. The number of hydrogen-bond acceptors (Lipinski definition) is 3. The van der Waals surface area contributed by atoms with Gasteiger partial charge in [0.05, 0.1) is 24.6 Å². The normalized spacial score (nSPS) is 27.0. The van der Waals surface area contributed by atoms with Crippen LogP contribution in [0.5, 0.6) is 0 Å². The summed E-state index contributed by atoms with van der Waals surface area (Å²) in [5, 5.41) is 13.2. The lowest BCUT2D eigenvalue weighted by atomic mass is 9.91. The van der Waals surface area contributed by atoms with E-state index in [1.165, 1.54) is 0 Å². The molecule has 170 valence electrons. The minimum atomic E-state index is -4.28. The molecule has 3 atom stereocenters. The minimum absolute atomic E-state index is 0.194. The van der Waals surface area contributed by atoms with Crippen molar-refractivity contribution in [2.45, 2.75) is 82.7 Å². The van der Waals surface area contributed by atoms with Gasteiger partial charge in [0.1, 0.15) is 0 Å². The van der Waals surface area contributed by atoms with E-state index in [-0.39, 0.29) is 23.6 Å². The lowest BCUT2D eigenvalue weighted by Gasteiger charge is -2.30. The zero-order chi connectivity index (χ0) is 22.2. The molecule has 1 aromatic rings. The topological polar surface area (TPSA) is 52.6 Å². The van der Waals surface area contributed by atoms with E-state index in [2.05, 4.69) is 10.2 Å². The Kier molecular flexibility index (Phi) is 6.33. The smallest absolute Gasteiger partial charge is 0.391 e. The molecule has 1 aromatic carbocycles. The number of amides is 1. The monoisotopic (exact) mass is 436 g/mol. The molecule has 0 saturated heterocycles. The van der Waals surface area contributed by atoms with Crippen LogP contribution in [0.2, 0.25) is 0 Å². The van der Waals surface area contributed by atoms with E-state index in [0.29, 0.717) is 29.9 Å². The molecule has 31 heavy (non-hydrogen) atoms. The molecule has 2 fully saturated rings. The summed E-state index contributed by atoms with van der Waals surface area (Å²) in [4.78, 5) is 15.3. The number of aliphatic hydroxyl groups is 1. The second-order valence-corrected chi connectivity index (χ2v) is 9.30. The molecule has 7 heteroatoms. The molecule has 0 spiro atoms. The summed E-state index contributed by atoms with van der Waals surface area (Å²) in [5.41, 5.74) is 2.41. The lowest BCUT2D eigenvalue weighted by Crippen LogP contribution is -2.45. The largest absolute Gasteiger partial charge is 0.393 e. The maximum absolute atomic E-state index is 13.2. The number of alkyl halides is 3. The molecule has 2 aliphatic carbocycles. The predicted molar refractivity (Wildman–Crippen MR) is 112 cm³/mol. The van der Waals surface area contributed by atoms with Gasteiger partial charge in [-0.3, -0.25) is 4.79 Å². The average Bonchev–Trinajstić information content (AvgIpc) is 3.47. The van der Waals surface area contributed by atoms with Crippen LogP contribution in [0.4, 0.5) is 13.2 Å². The van der Waals surface area contributed by atoms with Crippen molar-refractivity contribution in [2.75, 3.05) is 6.54 Å². The van der Waals surface area contributed by atoms with E-state index in [4.69, 9.17) is 0 Å². The van der Waals surface area contributed by atoms with Gasteiger partial charge in [-0.05, 0) is 49.7 Å². The molecule has 1 aliphatic heterocycles. The Morgan fingerprint density at radius 1 is 1.16 bits per heavy atom. The number of aliphatic hydroxyl groups excluding tert-OH is 1. The fraction of sp³-hybridized carbons (Fsp3) is 0.625. The zero-order valence-electron chi connectivity index (χ0n) is 17.9. The van der Waals surface area contributed by atoms with Gasteiger partial charge < -0.3 is 15.3 Å². The van der Waals surface area contributed by atoms with E-state index in [1.807, 2.05) is 6.92 Å². The van der Waals surface area contributed by atoms with Crippen molar-refractivity contribution >= 4 is 5.91 Å². The second kappa shape index (κ2) is 8.85. The summed E-state index contributed by atoms with van der Waals surface area (Å²) in [5.74, 6) is 0.342. The summed E-state index contributed by atoms with van der Waals surface area (Å²) in [6.45, 7) is 2.67. The van der Waals surface area contributed by atoms with Crippen LogP contribution in [0, 0.1) is 5.92 Å². The highest BCUT2D eigenvalue weighted by Crippen LogP contribution is 2.44. The second-order valence-electron chi connectivity index (χ2n) is 9.30. The predicted octanol–water partition coefficient (Wildman–Crippen LogP) is 4.64. The van der Waals surface area contributed by atoms with Crippen LogP contribution < -0.4 is 5.32 Å². The summed E-state index contributed by atoms with van der Waals surface area (Å²) in [7, 11) is 0. The number of benzene rings is 1. The summed E-state index contributed by atoms with van der Waals surface area (Å²) in [6, 6.07) is 6.21. The Labute approximate surface area is 181 Å². The van der Waals surface area contributed by atoms with E-state index >= 15 is 0 Å². The third kappa shape index (κ3) is 5.25. The third-order valence-corrected chi connectivity index (χ3v) is 6.92. The Morgan fingerprint density at radius 2 is 1.87 bits per heavy atom. The number of nitrogens with zero attached hydrogens (tertiary/aromatic N) is 1. The van der Waals surface area contributed by atoms with Crippen molar-refractivity contribution in [3.8, 4) is 0 Å². The maximum atomic E-state index is 13.2. The Morgan fingerprint density at radius 3 is 2.55 bits per heavy atom. The number of carbonyl (C=O) groups excluding carboxylic acids is 1. The van der Waals surface area contributed by atoms with Crippen molar-refractivity contribution in [2.24, 2.45) is 5.92 Å². The van der Waals surface area contributed by atoms with Gasteiger partial charge in [0.15, 0.2) is 0 Å². The zero-order valence-corrected chi connectivity index (χ0v) is 17.9. The molecule has 1 heterocycles. The SMILES string of the molecule is CC1=C(C(=O)N[C@@H]2CCCC[C@H]2O)CC(c2ccccc2CC(F)(F)F)N1CC1CC1. The molecule has 2 N–H and O–H groups in total. The highest BCUT2D eigenvalue weighted by molar-refractivity contribution is 5.95. The fourth-order valence-electron chi connectivity index (χ4n) is 5.01. The number of halogens is 3. The Balaban J connectivity index is 1.58. The first-order valence-corrected chi connectivity index (χ1v) is 11.3. The van der Waals surface area contributed by atoms with E-state index < -0.39 is 18.7 Å². The lowest BCUT2D eigenvalue weighted by molar-refractivity contribution is -0.127. The molecule has 0 aromatic heterocycles. The molecular weight excluding hydrogens is 405 g/mol. The van der Waals surface area contributed by atoms with Crippen LogP contribution in [0.1, 0.15) is 69.0 Å². The number of carbonyl (C=O) groups is 1. The maximum Gasteiger partial charge on any atom is 0.393 e. The molecule has 2 saturated carbocycles. The van der Waals surface area contributed by atoms with Gasteiger partial charge >= 0.3 is 6.18 Å². The molecular formula is C24H31F3N2O2. The molecule has 3 aliphatic rings. The number of rotatable bonds is 6. The Bertz CT molecular complexity index is 847. The van der Waals surface area contributed by atoms with Gasteiger partial charge in [-0.1, -0.05) is 37.1 Å². The van der Waals surface area contributed by atoms with Crippen molar-refractivity contribution in [3.05, 3.63) is 46.7 Å². The first-order chi connectivity index (χ1) is 14.7.